The zero-order valence-electron chi connectivity index (χ0n) is 6.68. The predicted octanol–water partition coefficient (Wildman–Crippen LogP) is -0.890. The minimum atomic E-state index is -1.92. The van der Waals surface area contributed by atoms with Gasteiger partial charge >= 0.3 is 0 Å². The van der Waals surface area contributed by atoms with Gasteiger partial charge in [0.15, 0.2) is 0 Å². The molecule has 0 aliphatic carbocycles. The van der Waals surface area contributed by atoms with Crippen LogP contribution in [0.4, 0.5) is 0 Å². The molecule has 0 aromatic rings. The first kappa shape index (κ1) is 6.55. The van der Waals surface area contributed by atoms with Gasteiger partial charge in [0.1, 0.15) is 0 Å². The first-order chi connectivity index (χ1) is 4.36. The van der Waals surface area contributed by atoms with Crippen LogP contribution in [-0.4, -0.2) is 12.0 Å². The Kier molecular flexibility index (Phi) is 2.51. The molecule has 0 bridgehead atoms. The van der Waals surface area contributed by atoms with Crippen molar-refractivity contribution >= 4 is 5.97 Å². The highest BCUT2D eigenvalue weighted by molar-refractivity contribution is 5.70. The van der Waals surface area contributed by atoms with Gasteiger partial charge in [-0.2, -0.15) is 0 Å². The van der Waals surface area contributed by atoms with E-state index in [1.54, 1.807) is 13.8 Å². The number of aliphatic carboxylic acids is 1. The second kappa shape index (κ2) is 3.45. The van der Waals surface area contributed by atoms with E-state index in [0.29, 0.717) is 0 Å². The molecule has 0 saturated heterocycles. The minimum absolute atomic E-state index is 0.0976. The molecule has 0 aromatic heterocycles. The normalized spacial score (nSPS) is 18.9. The second-order valence-corrected chi connectivity index (χ2v) is 2.41. The van der Waals surface area contributed by atoms with Gasteiger partial charge in [-0.3, -0.25) is 0 Å². The molecule has 3 nitrogen and oxygen atoms in total. The summed E-state index contributed by atoms with van der Waals surface area (Å²) in [5, 5.41) is 10.1. The fourth-order valence-electron chi connectivity index (χ4n) is 0.523. The summed E-state index contributed by atoms with van der Waals surface area (Å²) in [6.07, 6.45) is 0.120. The lowest BCUT2D eigenvalue weighted by Crippen LogP contribution is -2.42. The third-order valence-corrected chi connectivity index (χ3v) is 0.890. The fraction of sp³-hybridized carbons (Fsp3) is 0.833. The van der Waals surface area contributed by atoms with E-state index in [9.17, 15) is 9.90 Å². The number of carboxylic acid groups (broad SMARTS) is 1. The summed E-state index contributed by atoms with van der Waals surface area (Å²) in [7, 11) is 0. The first-order valence-corrected chi connectivity index (χ1v) is 2.86. The molecule has 0 rings (SSSR count). The Morgan fingerprint density at radius 3 is 2.44 bits per heavy atom. The number of carbonyl (C=O) groups is 1. The molecule has 0 heterocycles. The molecule has 0 aromatic carbocycles. The van der Waals surface area contributed by atoms with Gasteiger partial charge in [0, 0.05) is 6.02 Å². The van der Waals surface area contributed by atoms with Gasteiger partial charge in [0.2, 0.25) is 0 Å². The number of carboxylic acids is 1. The Balaban J connectivity index is 4.00. The molecule has 54 valence electrons. The molecular weight excluding hydrogens is 118 g/mol. The van der Waals surface area contributed by atoms with Gasteiger partial charge in [-0.25, -0.2) is 0 Å². The Morgan fingerprint density at radius 2 is 2.33 bits per heavy atom. The molecule has 0 radical (unpaired) electrons. The molecule has 3 heteroatoms. The standard InChI is InChI=1S/C6H13NO2/c1-4(2)3-5(7)6(8)9/h4-5H,3,7H2,1-2H3,(H,8,9)/p-1/i5D. The summed E-state index contributed by atoms with van der Waals surface area (Å²) in [4.78, 5) is 10.1. The molecule has 9 heavy (non-hydrogen) atoms. The smallest absolute Gasteiger partial charge is 0.0582 e. The highest BCUT2D eigenvalue weighted by Gasteiger charge is 2.04. The van der Waals surface area contributed by atoms with Crippen molar-refractivity contribution in [3.05, 3.63) is 0 Å². The van der Waals surface area contributed by atoms with Crippen LogP contribution < -0.4 is 10.8 Å². The van der Waals surface area contributed by atoms with E-state index in [0.717, 1.165) is 0 Å². The highest BCUT2D eigenvalue weighted by Crippen LogP contribution is 2.00. The average molecular weight is 131 g/mol. The molecule has 0 saturated carbocycles. The summed E-state index contributed by atoms with van der Waals surface area (Å²) >= 11 is 0. The molecule has 0 aliphatic heterocycles. The first-order valence-electron chi connectivity index (χ1n) is 3.36. The van der Waals surface area contributed by atoms with Gasteiger partial charge in [-0.1, -0.05) is 13.8 Å². The maximum Gasteiger partial charge on any atom is 0.0582 e. The van der Waals surface area contributed by atoms with E-state index in [1.807, 2.05) is 0 Å². The van der Waals surface area contributed by atoms with Crippen molar-refractivity contribution in [2.24, 2.45) is 11.7 Å². The van der Waals surface area contributed by atoms with E-state index in [4.69, 9.17) is 7.10 Å². The lowest BCUT2D eigenvalue weighted by atomic mass is 10.1. The van der Waals surface area contributed by atoms with Crippen LogP contribution in [0.5, 0.6) is 0 Å². The van der Waals surface area contributed by atoms with Gasteiger partial charge in [-0.05, 0) is 12.3 Å². The minimum Gasteiger partial charge on any atom is -0.548 e. The molecule has 2 N–H and O–H groups in total. The maximum absolute atomic E-state index is 10.1. The summed E-state index contributed by atoms with van der Waals surface area (Å²) in [6, 6.07) is -1.92. The van der Waals surface area contributed by atoms with Gasteiger partial charge in [-0.15, -0.1) is 0 Å². The molecule has 0 amide bonds. The van der Waals surface area contributed by atoms with Crippen molar-refractivity contribution in [1.82, 2.24) is 0 Å². The summed E-state index contributed by atoms with van der Waals surface area (Å²) in [5.74, 6) is -1.42. The van der Waals surface area contributed by atoms with E-state index in [2.05, 4.69) is 0 Å². The van der Waals surface area contributed by atoms with E-state index >= 15 is 0 Å². The van der Waals surface area contributed by atoms with Gasteiger partial charge in [0.25, 0.3) is 0 Å². The molecule has 1 atom stereocenters. The average Bonchev–Trinajstić information content (AvgIpc) is 1.60. The molecule has 0 spiro atoms. The fourth-order valence-corrected chi connectivity index (χ4v) is 0.523. The third kappa shape index (κ3) is 3.97. The number of nitrogens with two attached hydrogens (primary N) is 1. The number of rotatable bonds is 3. The van der Waals surface area contributed by atoms with Crippen molar-refractivity contribution in [2.75, 3.05) is 0 Å². The van der Waals surface area contributed by atoms with Crippen molar-refractivity contribution in [1.29, 1.82) is 0 Å². The summed E-state index contributed by atoms with van der Waals surface area (Å²) in [6.45, 7) is 3.61. The van der Waals surface area contributed by atoms with Crippen LogP contribution in [-0.2, 0) is 4.79 Å². The Bertz CT molecular complexity index is 134. The van der Waals surface area contributed by atoms with E-state index < -0.39 is 12.0 Å². The zero-order chi connectivity index (χ0) is 8.36. The molecule has 0 fully saturated rings. The SMILES string of the molecule is [2H]C(N)(CC(C)C)C(=O)[O-]. The second-order valence-electron chi connectivity index (χ2n) is 2.41. The number of hydrogen-bond acceptors (Lipinski definition) is 3. The number of carbonyl (C=O) groups excluding carboxylic acids is 1. The van der Waals surface area contributed by atoms with E-state index in [1.165, 1.54) is 0 Å². The Labute approximate surface area is 56.3 Å². The van der Waals surface area contributed by atoms with Crippen LogP contribution in [0.25, 0.3) is 0 Å². The van der Waals surface area contributed by atoms with Crippen molar-refractivity contribution in [3.8, 4) is 0 Å². The van der Waals surface area contributed by atoms with Crippen molar-refractivity contribution in [2.45, 2.75) is 26.3 Å². The quantitative estimate of drug-likeness (QED) is 0.540. The highest BCUT2D eigenvalue weighted by atomic mass is 16.4. The Morgan fingerprint density at radius 1 is 1.89 bits per heavy atom. The van der Waals surface area contributed by atoms with Crippen LogP contribution in [0.1, 0.15) is 21.6 Å². The summed E-state index contributed by atoms with van der Waals surface area (Å²) in [5.41, 5.74) is 5.07. The largest absolute Gasteiger partial charge is 0.548 e. The van der Waals surface area contributed by atoms with Crippen LogP contribution in [0.2, 0.25) is 0 Å². The van der Waals surface area contributed by atoms with E-state index in [-0.39, 0.29) is 12.3 Å². The maximum atomic E-state index is 10.1. The lowest BCUT2D eigenvalue weighted by molar-refractivity contribution is -0.307. The number of hydrogen-bond donors (Lipinski definition) is 1. The lowest BCUT2D eigenvalue weighted by Gasteiger charge is -2.13. The van der Waals surface area contributed by atoms with Crippen LogP contribution in [0.3, 0.4) is 0 Å². The van der Waals surface area contributed by atoms with Gasteiger partial charge in [0.05, 0.1) is 7.34 Å². The van der Waals surface area contributed by atoms with Crippen molar-refractivity contribution < 1.29 is 11.3 Å². The molecular formula is C6H12NO2-. The van der Waals surface area contributed by atoms with Crippen LogP contribution in [0, 0.1) is 5.92 Å². The topological polar surface area (TPSA) is 66.2 Å². The molecule has 1 unspecified atom stereocenters. The zero-order valence-corrected chi connectivity index (χ0v) is 5.68. The third-order valence-electron chi connectivity index (χ3n) is 0.890. The van der Waals surface area contributed by atoms with Crippen LogP contribution in [0.15, 0.2) is 0 Å². The summed E-state index contributed by atoms with van der Waals surface area (Å²) < 4.78 is 7.03. The monoisotopic (exact) mass is 131 g/mol. The van der Waals surface area contributed by atoms with Crippen molar-refractivity contribution in [3.63, 3.8) is 0 Å². The van der Waals surface area contributed by atoms with Gasteiger partial charge < -0.3 is 15.6 Å². The molecule has 0 aliphatic rings. The predicted molar refractivity (Wildman–Crippen MR) is 32.4 cm³/mol. The van der Waals surface area contributed by atoms with Crippen LogP contribution >= 0.6 is 0 Å². The Hall–Kier alpha value is -0.570.